The van der Waals surface area contributed by atoms with E-state index < -0.39 is 35.6 Å². The highest BCUT2D eigenvalue weighted by Gasteiger charge is 2.24. The predicted molar refractivity (Wildman–Crippen MR) is 176 cm³/mol. The number of aliphatic hydroxyl groups is 1. The summed E-state index contributed by atoms with van der Waals surface area (Å²) in [6, 6.07) is 17.6. The molecule has 0 radical (unpaired) electrons. The van der Waals surface area contributed by atoms with Crippen LogP contribution < -0.4 is 10.6 Å². The summed E-state index contributed by atoms with van der Waals surface area (Å²) in [4.78, 5) is 32.3. The van der Waals surface area contributed by atoms with E-state index in [0.717, 1.165) is 53.3 Å². The van der Waals surface area contributed by atoms with Gasteiger partial charge in [-0.1, -0.05) is 32.0 Å². The van der Waals surface area contributed by atoms with Gasteiger partial charge in [-0.25, -0.2) is 13.8 Å². The Morgan fingerprint density at radius 3 is 2.21 bits per heavy atom. The van der Waals surface area contributed by atoms with Crippen LogP contribution in [0.3, 0.4) is 0 Å². The van der Waals surface area contributed by atoms with Gasteiger partial charge < -0.3 is 20.6 Å². The van der Waals surface area contributed by atoms with Crippen LogP contribution in [-0.2, 0) is 13.0 Å². The van der Waals surface area contributed by atoms with Gasteiger partial charge in [0, 0.05) is 55.1 Å². The number of pyridine rings is 1. The van der Waals surface area contributed by atoms with Gasteiger partial charge in [-0.2, -0.15) is 4.39 Å². The van der Waals surface area contributed by atoms with E-state index in [0.29, 0.717) is 25.2 Å². The van der Waals surface area contributed by atoms with Crippen molar-refractivity contribution in [3.05, 3.63) is 124 Å². The lowest BCUT2D eigenvalue weighted by molar-refractivity contribution is 0.0755. The van der Waals surface area contributed by atoms with Crippen molar-refractivity contribution in [3.63, 3.8) is 0 Å². The minimum Gasteiger partial charge on any atom is -0.390 e. The second-order valence-electron chi connectivity index (χ2n) is 11.7. The normalized spacial score (nSPS) is 12.4. The Morgan fingerprint density at radius 1 is 0.851 bits per heavy atom. The minimum absolute atomic E-state index is 0.0469. The summed E-state index contributed by atoms with van der Waals surface area (Å²) in [5, 5.41) is 17.3. The molecule has 3 aromatic carbocycles. The van der Waals surface area contributed by atoms with Gasteiger partial charge in [0.05, 0.1) is 12.1 Å². The molecule has 4 aromatic rings. The molecule has 248 valence electrons. The molecule has 1 aromatic heterocycles. The summed E-state index contributed by atoms with van der Waals surface area (Å²) in [7, 11) is 0. The Morgan fingerprint density at radius 2 is 1.55 bits per heavy atom. The first kappa shape index (κ1) is 35.3. The number of aryl methyl sites for hydroxylation is 1. The van der Waals surface area contributed by atoms with Crippen LogP contribution in [0.2, 0.25) is 0 Å². The maximum absolute atomic E-state index is 14.1. The van der Waals surface area contributed by atoms with Gasteiger partial charge >= 0.3 is 0 Å². The van der Waals surface area contributed by atoms with Gasteiger partial charge in [0.15, 0.2) is 0 Å². The van der Waals surface area contributed by atoms with Crippen LogP contribution in [0, 0.1) is 24.5 Å². The number of aromatic nitrogens is 1. The maximum Gasteiger partial charge on any atom is 0.253 e. The average Bonchev–Trinajstić information content (AvgIpc) is 3.03. The lowest BCUT2D eigenvalue weighted by Gasteiger charge is -2.25. The number of carbonyl (C=O) groups excluding carboxylic acids is 2. The van der Waals surface area contributed by atoms with E-state index >= 15 is 0 Å². The first-order valence-electron chi connectivity index (χ1n) is 15.8. The Labute approximate surface area is 273 Å². The molecular formula is C37H41F3N4O3. The zero-order valence-corrected chi connectivity index (χ0v) is 26.9. The van der Waals surface area contributed by atoms with Crippen LogP contribution in [0.5, 0.6) is 0 Å². The first-order chi connectivity index (χ1) is 22.6. The average molecular weight is 647 g/mol. The number of hydrogen-bond donors (Lipinski definition) is 3. The van der Waals surface area contributed by atoms with Gasteiger partial charge in [0.2, 0.25) is 5.95 Å². The molecule has 0 saturated carbocycles. The van der Waals surface area contributed by atoms with E-state index in [1.807, 2.05) is 38.1 Å². The molecule has 0 spiro atoms. The summed E-state index contributed by atoms with van der Waals surface area (Å²) in [6.07, 6.45) is 1.86. The molecule has 7 nitrogen and oxygen atoms in total. The van der Waals surface area contributed by atoms with Crippen LogP contribution in [0.15, 0.2) is 79.0 Å². The third kappa shape index (κ3) is 10.2. The smallest absolute Gasteiger partial charge is 0.253 e. The molecule has 0 bridgehead atoms. The van der Waals surface area contributed by atoms with Crippen LogP contribution in [0.4, 0.5) is 13.2 Å². The second kappa shape index (κ2) is 16.9. The monoisotopic (exact) mass is 646 g/mol. The van der Waals surface area contributed by atoms with Gasteiger partial charge in [0.1, 0.15) is 11.6 Å². The minimum atomic E-state index is -1.15. The van der Waals surface area contributed by atoms with Crippen molar-refractivity contribution in [2.75, 3.05) is 19.6 Å². The molecule has 2 atom stereocenters. The van der Waals surface area contributed by atoms with Gasteiger partial charge in [0.25, 0.3) is 11.8 Å². The summed E-state index contributed by atoms with van der Waals surface area (Å²) >= 11 is 0. The predicted octanol–water partition coefficient (Wildman–Crippen LogP) is 6.23. The molecule has 1 heterocycles. The highest BCUT2D eigenvalue weighted by atomic mass is 19.1. The van der Waals surface area contributed by atoms with E-state index in [-0.39, 0.29) is 30.0 Å². The SMILES string of the molecule is CCCN(CCC)C(=O)c1cc(C)cc(C(=O)N[C@@H](Cc2cc(F)cc(F)c2)[C@H](O)CNCc2cccc(-c3ccc(F)nc3)c2)c1. The van der Waals surface area contributed by atoms with E-state index in [1.54, 1.807) is 30.0 Å². The van der Waals surface area contributed by atoms with E-state index in [1.165, 1.54) is 18.3 Å². The van der Waals surface area contributed by atoms with Crippen LogP contribution >= 0.6 is 0 Å². The zero-order valence-electron chi connectivity index (χ0n) is 26.9. The molecule has 0 saturated heterocycles. The second-order valence-corrected chi connectivity index (χ2v) is 11.7. The summed E-state index contributed by atoms with van der Waals surface area (Å²) in [6.45, 7) is 7.40. The number of benzene rings is 3. The fourth-order valence-electron chi connectivity index (χ4n) is 5.51. The van der Waals surface area contributed by atoms with Crippen molar-refractivity contribution in [1.82, 2.24) is 20.5 Å². The molecule has 2 amide bonds. The Balaban J connectivity index is 1.50. The lowest BCUT2D eigenvalue weighted by atomic mass is 9.99. The molecule has 0 aliphatic rings. The van der Waals surface area contributed by atoms with Crippen LogP contribution in [0.25, 0.3) is 11.1 Å². The summed E-state index contributed by atoms with van der Waals surface area (Å²) in [5.41, 5.74) is 4.11. The topological polar surface area (TPSA) is 94.6 Å². The molecule has 3 N–H and O–H groups in total. The Hall–Kier alpha value is -4.54. The third-order valence-corrected chi connectivity index (χ3v) is 7.69. The number of rotatable bonds is 15. The van der Waals surface area contributed by atoms with E-state index in [2.05, 4.69) is 15.6 Å². The van der Waals surface area contributed by atoms with Crippen molar-refractivity contribution >= 4 is 11.8 Å². The molecule has 47 heavy (non-hydrogen) atoms. The van der Waals surface area contributed by atoms with E-state index in [9.17, 15) is 27.9 Å². The number of hydrogen-bond acceptors (Lipinski definition) is 5. The number of amides is 2. The third-order valence-electron chi connectivity index (χ3n) is 7.69. The van der Waals surface area contributed by atoms with Gasteiger partial charge in [-0.05, 0) is 97.0 Å². The van der Waals surface area contributed by atoms with Crippen molar-refractivity contribution in [2.45, 2.75) is 58.7 Å². The quantitative estimate of drug-likeness (QED) is 0.133. The standard InChI is InChI=1S/C37H41F3N4O3/c1-4-11-44(12-5-2)37(47)30-14-24(3)13-29(19-30)36(46)43-33(18-26-16-31(38)20-32(39)17-26)34(45)23-41-21-25-7-6-8-27(15-25)28-9-10-35(40)42-22-28/h6-10,13-17,19-20,22,33-34,41,45H,4-5,11-12,18,21,23H2,1-3H3,(H,43,46)/t33-,34+/m0/s1. The number of nitrogens with one attached hydrogen (secondary N) is 2. The Kier molecular flexibility index (Phi) is 12.7. The van der Waals surface area contributed by atoms with Crippen molar-refractivity contribution in [3.8, 4) is 11.1 Å². The summed E-state index contributed by atoms with van der Waals surface area (Å²) < 4.78 is 41.4. The fraction of sp³-hybridized carbons (Fsp3) is 0.324. The molecule has 0 unspecified atom stereocenters. The summed E-state index contributed by atoms with van der Waals surface area (Å²) in [5.74, 6) is -2.78. The highest BCUT2D eigenvalue weighted by molar-refractivity contribution is 6.00. The highest BCUT2D eigenvalue weighted by Crippen LogP contribution is 2.20. The molecule has 10 heteroatoms. The number of aliphatic hydroxyl groups excluding tert-OH is 1. The Bertz CT molecular complexity index is 1640. The maximum atomic E-state index is 14.1. The zero-order chi connectivity index (χ0) is 33.9. The molecular weight excluding hydrogens is 605 g/mol. The fourth-order valence-corrected chi connectivity index (χ4v) is 5.51. The first-order valence-corrected chi connectivity index (χ1v) is 15.8. The van der Waals surface area contributed by atoms with E-state index in [4.69, 9.17) is 0 Å². The van der Waals surface area contributed by atoms with Crippen molar-refractivity contribution < 1.29 is 27.9 Å². The van der Waals surface area contributed by atoms with Crippen molar-refractivity contribution in [2.24, 2.45) is 0 Å². The molecule has 4 rings (SSSR count). The lowest BCUT2D eigenvalue weighted by Crippen LogP contribution is -2.48. The van der Waals surface area contributed by atoms with Crippen LogP contribution in [-0.4, -0.2) is 58.6 Å². The molecule has 0 fully saturated rings. The molecule has 0 aliphatic heterocycles. The molecule has 0 aliphatic carbocycles. The van der Waals surface area contributed by atoms with Crippen LogP contribution in [0.1, 0.15) is 64.1 Å². The van der Waals surface area contributed by atoms with Gasteiger partial charge in [-0.15, -0.1) is 0 Å². The number of nitrogens with zero attached hydrogens (tertiary/aromatic N) is 2. The number of halogens is 3. The largest absolute Gasteiger partial charge is 0.390 e. The number of carbonyl (C=O) groups is 2. The van der Waals surface area contributed by atoms with Gasteiger partial charge in [-0.3, -0.25) is 9.59 Å². The van der Waals surface area contributed by atoms with Crippen molar-refractivity contribution in [1.29, 1.82) is 0 Å².